The van der Waals surface area contributed by atoms with Gasteiger partial charge in [0.15, 0.2) is 23.7 Å². The average Bonchev–Trinajstić information content (AvgIpc) is 3.33. The summed E-state index contributed by atoms with van der Waals surface area (Å²) in [4.78, 5) is 24.0. The molecule has 1 atom stereocenters. The number of oxazole rings is 1. The summed E-state index contributed by atoms with van der Waals surface area (Å²) in [6.45, 7) is 7.34. The second-order valence-corrected chi connectivity index (χ2v) is 7.05. The molecule has 1 aliphatic heterocycles. The van der Waals surface area contributed by atoms with Crippen molar-refractivity contribution >= 4 is 5.91 Å². The van der Waals surface area contributed by atoms with Crippen molar-refractivity contribution in [2.75, 3.05) is 6.54 Å². The lowest BCUT2D eigenvalue weighted by Gasteiger charge is -2.37. The Morgan fingerprint density at radius 2 is 2.04 bits per heavy atom. The van der Waals surface area contributed by atoms with Gasteiger partial charge in [-0.3, -0.25) is 4.79 Å². The van der Waals surface area contributed by atoms with E-state index in [0.717, 1.165) is 11.4 Å². The molecular weight excluding hydrogens is 342 g/mol. The summed E-state index contributed by atoms with van der Waals surface area (Å²) in [7, 11) is 0. The zero-order chi connectivity index (χ0) is 19.0. The Morgan fingerprint density at radius 1 is 1.26 bits per heavy atom. The van der Waals surface area contributed by atoms with Crippen molar-refractivity contribution in [1.82, 2.24) is 24.6 Å². The SMILES string of the molecule is CCc1ocnc1C(=O)N1CCn2nc(-c3ccccc3)nc2[C@@H]1C(C)C. The van der Waals surface area contributed by atoms with Crippen molar-refractivity contribution in [2.45, 2.75) is 39.8 Å². The molecule has 0 saturated heterocycles. The van der Waals surface area contributed by atoms with Crippen LogP contribution in [-0.2, 0) is 13.0 Å². The summed E-state index contributed by atoms with van der Waals surface area (Å²) in [6.07, 6.45) is 1.98. The molecule has 0 saturated carbocycles. The number of rotatable bonds is 4. The molecule has 7 nitrogen and oxygen atoms in total. The van der Waals surface area contributed by atoms with Crippen molar-refractivity contribution in [3.63, 3.8) is 0 Å². The van der Waals surface area contributed by atoms with Crippen molar-refractivity contribution < 1.29 is 9.21 Å². The molecule has 0 bridgehead atoms. The summed E-state index contributed by atoms with van der Waals surface area (Å²) in [6, 6.07) is 9.76. The van der Waals surface area contributed by atoms with Gasteiger partial charge in [-0.05, 0) is 5.92 Å². The standard InChI is InChI=1S/C20H23N5O2/c1-4-15-16(21-12-27-15)20(26)24-10-11-25-19(17(24)13(2)3)22-18(23-25)14-8-6-5-7-9-14/h5-9,12-13,17H,4,10-11H2,1-3H3/t17-/m0/s1. The molecule has 1 aromatic carbocycles. The second kappa shape index (κ2) is 6.98. The molecule has 27 heavy (non-hydrogen) atoms. The highest BCUT2D eigenvalue weighted by molar-refractivity contribution is 5.93. The van der Waals surface area contributed by atoms with E-state index in [-0.39, 0.29) is 17.9 Å². The largest absolute Gasteiger partial charge is 0.448 e. The monoisotopic (exact) mass is 365 g/mol. The fourth-order valence-electron chi connectivity index (χ4n) is 3.65. The van der Waals surface area contributed by atoms with Crippen LogP contribution >= 0.6 is 0 Å². The molecule has 3 heterocycles. The highest BCUT2D eigenvalue weighted by atomic mass is 16.3. The van der Waals surface area contributed by atoms with Crippen LogP contribution in [0, 0.1) is 5.92 Å². The van der Waals surface area contributed by atoms with Gasteiger partial charge in [0.25, 0.3) is 5.91 Å². The normalized spacial score (nSPS) is 16.6. The van der Waals surface area contributed by atoms with Crippen LogP contribution in [-0.4, -0.2) is 37.1 Å². The van der Waals surface area contributed by atoms with Gasteiger partial charge in [0.2, 0.25) is 0 Å². The Labute approximate surface area is 158 Å². The minimum atomic E-state index is -0.155. The molecule has 0 N–H and O–H groups in total. The predicted molar refractivity (Wildman–Crippen MR) is 100.0 cm³/mol. The second-order valence-electron chi connectivity index (χ2n) is 7.05. The van der Waals surface area contributed by atoms with E-state index in [4.69, 9.17) is 9.40 Å². The van der Waals surface area contributed by atoms with Crippen LogP contribution in [0.25, 0.3) is 11.4 Å². The van der Waals surface area contributed by atoms with Crippen LogP contribution in [0.2, 0.25) is 0 Å². The third-order valence-electron chi connectivity index (χ3n) is 4.94. The van der Waals surface area contributed by atoms with Crippen molar-refractivity contribution in [3.05, 3.63) is 54.0 Å². The Bertz CT molecular complexity index is 944. The first-order valence-electron chi connectivity index (χ1n) is 9.33. The number of aryl methyl sites for hydroxylation is 1. The maximum Gasteiger partial charge on any atom is 0.276 e. The number of carbonyl (C=O) groups excluding carboxylic acids is 1. The van der Waals surface area contributed by atoms with E-state index in [1.165, 1.54) is 6.39 Å². The van der Waals surface area contributed by atoms with E-state index in [1.807, 2.05) is 46.8 Å². The zero-order valence-electron chi connectivity index (χ0n) is 15.8. The Hall–Kier alpha value is -2.96. The maximum absolute atomic E-state index is 13.2. The van der Waals surface area contributed by atoms with Gasteiger partial charge in [-0.15, -0.1) is 0 Å². The molecule has 140 valence electrons. The summed E-state index contributed by atoms with van der Waals surface area (Å²) in [5.41, 5.74) is 1.38. The van der Waals surface area contributed by atoms with Crippen molar-refractivity contribution in [1.29, 1.82) is 0 Å². The van der Waals surface area contributed by atoms with Gasteiger partial charge in [-0.25, -0.2) is 14.6 Å². The highest BCUT2D eigenvalue weighted by Crippen LogP contribution is 2.33. The van der Waals surface area contributed by atoms with Crippen LogP contribution in [0.5, 0.6) is 0 Å². The van der Waals surface area contributed by atoms with Gasteiger partial charge < -0.3 is 9.32 Å². The number of hydrogen-bond donors (Lipinski definition) is 0. The maximum atomic E-state index is 13.2. The molecule has 2 aromatic heterocycles. The van der Waals surface area contributed by atoms with Gasteiger partial charge in [0.05, 0.1) is 12.6 Å². The molecule has 0 radical (unpaired) electrons. The van der Waals surface area contributed by atoms with Crippen LogP contribution in [0.4, 0.5) is 0 Å². The number of hydrogen-bond acceptors (Lipinski definition) is 5. The van der Waals surface area contributed by atoms with Gasteiger partial charge >= 0.3 is 0 Å². The number of nitrogens with zero attached hydrogens (tertiary/aromatic N) is 5. The first kappa shape index (κ1) is 17.5. The molecule has 3 aromatic rings. The first-order chi connectivity index (χ1) is 13.1. The fraction of sp³-hybridized carbons (Fsp3) is 0.400. The summed E-state index contributed by atoms with van der Waals surface area (Å²) >= 11 is 0. The van der Waals surface area contributed by atoms with Crippen LogP contribution < -0.4 is 0 Å². The van der Waals surface area contributed by atoms with E-state index < -0.39 is 0 Å². The predicted octanol–water partition coefficient (Wildman–Crippen LogP) is 3.35. The van der Waals surface area contributed by atoms with E-state index in [9.17, 15) is 4.79 Å². The summed E-state index contributed by atoms with van der Waals surface area (Å²) in [5, 5.41) is 4.68. The first-order valence-corrected chi connectivity index (χ1v) is 9.33. The minimum Gasteiger partial charge on any atom is -0.448 e. The van der Waals surface area contributed by atoms with E-state index in [2.05, 4.69) is 23.9 Å². The molecular formula is C20H23N5O2. The van der Waals surface area contributed by atoms with Gasteiger partial charge in [0, 0.05) is 18.5 Å². The van der Waals surface area contributed by atoms with E-state index in [0.29, 0.717) is 36.8 Å². The quantitative estimate of drug-likeness (QED) is 0.709. The zero-order valence-corrected chi connectivity index (χ0v) is 15.8. The summed E-state index contributed by atoms with van der Waals surface area (Å²) in [5.74, 6) is 2.23. The van der Waals surface area contributed by atoms with E-state index in [1.54, 1.807) is 0 Å². The molecule has 0 unspecified atom stereocenters. The molecule has 4 rings (SSSR count). The smallest absolute Gasteiger partial charge is 0.276 e. The number of fused-ring (bicyclic) bond motifs is 1. The molecule has 1 amide bonds. The Morgan fingerprint density at radius 3 is 2.74 bits per heavy atom. The van der Waals surface area contributed by atoms with Gasteiger partial charge in [-0.1, -0.05) is 51.1 Å². The molecule has 0 fully saturated rings. The lowest BCUT2D eigenvalue weighted by atomic mass is 9.99. The molecule has 7 heteroatoms. The Kier molecular flexibility index (Phi) is 4.51. The number of benzene rings is 1. The lowest BCUT2D eigenvalue weighted by molar-refractivity contribution is 0.0529. The fourth-order valence-corrected chi connectivity index (χ4v) is 3.65. The molecule has 0 aliphatic carbocycles. The topological polar surface area (TPSA) is 77.0 Å². The van der Waals surface area contributed by atoms with E-state index >= 15 is 0 Å². The third-order valence-corrected chi connectivity index (χ3v) is 4.94. The van der Waals surface area contributed by atoms with Crippen molar-refractivity contribution in [2.24, 2.45) is 5.92 Å². The minimum absolute atomic E-state index is 0.102. The van der Waals surface area contributed by atoms with Crippen LogP contribution in [0.1, 0.15) is 48.9 Å². The van der Waals surface area contributed by atoms with Crippen LogP contribution in [0.15, 0.2) is 41.1 Å². The molecule has 0 spiro atoms. The number of carbonyl (C=O) groups is 1. The lowest BCUT2D eigenvalue weighted by Crippen LogP contribution is -2.45. The average molecular weight is 365 g/mol. The highest BCUT2D eigenvalue weighted by Gasteiger charge is 2.37. The van der Waals surface area contributed by atoms with Crippen molar-refractivity contribution in [3.8, 4) is 11.4 Å². The molecule has 1 aliphatic rings. The number of amides is 1. The number of aromatic nitrogens is 4. The Balaban J connectivity index is 1.71. The van der Waals surface area contributed by atoms with Crippen LogP contribution in [0.3, 0.4) is 0 Å². The third kappa shape index (κ3) is 3.03. The van der Waals surface area contributed by atoms with Gasteiger partial charge in [0.1, 0.15) is 5.76 Å². The summed E-state index contributed by atoms with van der Waals surface area (Å²) < 4.78 is 7.29. The van der Waals surface area contributed by atoms with Gasteiger partial charge in [-0.2, -0.15) is 5.10 Å².